The lowest BCUT2D eigenvalue weighted by Crippen LogP contribution is -2.21. The minimum absolute atomic E-state index is 0.174. The molecule has 0 fully saturated rings. The van der Waals surface area contributed by atoms with Gasteiger partial charge in [0.1, 0.15) is 5.75 Å². The van der Waals surface area contributed by atoms with Crippen molar-refractivity contribution >= 4 is 21.9 Å². The second-order valence-corrected chi connectivity index (χ2v) is 7.04. The zero-order chi connectivity index (χ0) is 20.3. The van der Waals surface area contributed by atoms with E-state index >= 15 is 0 Å². The number of pyridine rings is 1. The van der Waals surface area contributed by atoms with Crippen molar-refractivity contribution in [2.24, 2.45) is 21.1 Å². The molecule has 1 aromatic carbocycles. The summed E-state index contributed by atoms with van der Waals surface area (Å²) < 4.78 is 12.4. The highest BCUT2D eigenvalue weighted by Gasteiger charge is 2.19. The van der Waals surface area contributed by atoms with Crippen molar-refractivity contribution in [1.29, 1.82) is 0 Å². The Labute approximate surface area is 165 Å². The van der Waals surface area contributed by atoms with Crippen LogP contribution < -0.4 is 10.4 Å². The standard InChI is InChI=1S/C20H19N7O2/c1-24-10-18(22-11-24)27-19-14-5-13(12-7-23-25(2)9-12)17(29-4)6-15(14)21-8-16(19)26(3)20(27)28/h5-11H,1-4H3. The second kappa shape index (κ2) is 6.06. The van der Waals surface area contributed by atoms with Gasteiger partial charge in [0.2, 0.25) is 0 Å². The number of aromatic nitrogens is 7. The van der Waals surface area contributed by atoms with Crippen molar-refractivity contribution in [2.45, 2.75) is 0 Å². The molecule has 9 heteroatoms. The Morgan fingerprint density at radius 1 is 1.03 bits per heavy atom. The van der Waals surface area contributed by atoms with Crippen LogP contribution in [0, 0.1) is 0 Å². The van der Waals surface area contributed by atoms with E-state index in [1.54, 1.807) is 46.7 Å². The van der Waals surface area contributed by atoms with Gasteiger partial charge < -0.3 is 9.30 Å². The van der Waals surface area contributed by atoms with Crippen molar-refractivity contribution in [3.8, 4) is 22.7 Å². The summed E-state index contributed by atoms with van der Waals surface area (Å²) in [7, 11) is 7.11. The number of hydrogen-bond donors (Lipinski definition) is 0. The number of fused-ring (bicyclic) bond motifs is 3. The summed E-state index contributed by atoms with van der Waals surface area (Å²) in [5.41, 5.74) is 3.85. The Morgan fingerprint density at radius 2 is 1.86 bits per heavy atom. The fourth-order valence-electron chi connectivity index (χ4n) is 3.71. The number of rotatable bonds is 3. The number of aryl methyl sites for hydroxylation is 3. The van der Waals surface area contributed by atoms with Gasteiger partial charge in [0.05, 0.1) is 42.4 Å². The monoisotopic (exact) mass is 389 g/mol. The summed E-state index contributed by atoms with van der Waals surface area (Å²) in [4.78, 5) is 22.0. The summed E-state index contributed by atoms with van der Waals surface area (Å²) in [5.74, 6) is 1.26. The highest BCUT2D eigenvalue weighted by Crippen LogP contribution is 2.36. The fraction of sp³-hybridized carbons (Fsp3) is 0.200. The summed E-state index contributed by atoms with van der Waals surface area (Å²) in [6.07, 6.45) is 8.91. The van der Waals surface area contributed by atoms with Gasteiger partial charge in [-0.2, -0.15) is 5.10 Å². The Hall–Kier alpha value is -3.88. The van der Waals surface area contributed by atoms with Gasteiger partial charge in [0.25, 0.3) is 0 Å². The maximum Gasteiger partial charge on any atom is 0.334 e. The van der Waals surface area contributed by atoms with Crippen LogP contribution in [0.1, 0.15) is 0 Å². The third-order valence-electron chi connectivity index (χ3n) is 5.14. The summed E-state index contributed by atoms with van der Waals surface area (Å²) in [5, 5.41) is 5.11. The Balaban J connectivity index is 1.93. The Kier molecular flexibility index (Phi) is 3.60. The van der Waals surface area contributed by atoms with Crippen LogP contribution >= 0.6 is 0 Å². The predicted octanol–water partition coefficient (Wildman–Crippen LogP) is 2.02. The summed E-state index contributed by atoms with van der Waals surface area (Å²) in [6, 6.07) is 3.89. The molecule has 0 spiro atoms. The fourth-order valence-corrected chi connectivity index (χ4v) is 3.71. The predicted molar refractivity (Wildman–Crippen MR) is 109 cm³/mol. The van der Waals surface area contributed by atoms with Gasteiger partial charge in [0, 0.05) is 56.1 Å². The zero-order valence-electron chi connectivity index (χ0n) is 16.5. The van der Waals surface area contributed by atoms with Gasteiger partial charge in [-0.3, -0.25) is 14.2 Å². The molecule has 0 atom stereocenters. The van der Waals surface area contributed by atoms with Gasteiger partial charge in [-0.1, -0.05) is 0 Å². The topological polar surface area (TPSA) is 84.7 Å². The van der Waals surface area contributed by atoms with Gasteiger partial charge in [-0.15, -0.1) is 0 Å². The molecule has 0 saturated heterocycles. The van der Waals surface area contributed by atoms with Crippen molar-refractivity contribution in [2.75, 3.05) is 7.11 Å². The van der Waals surface area contributed by atoms with Crippen LogP contribution in [-0.4, -0.2) is 40.6 Å². The molecule has 0 N–H and O–H groups in total. The van der Waals surface area contributed by atoms with Crippen LogP contribution in [0.3, 0.4) is 0 Å². The first-order valence-electron chi connectivity index (χ1n) is 9.03. The lowest BCUT2D eigenvalue weighted by Gasteiger charge is -2.10. The van der Waals surface area contributed by atoms with E-state index < -0.39 is 0 Å². The first kappa shape index (κ1) is 17.2. The van der Waals surface area contributed by atoms with Gasteiger partial charge in [0.15, 0.2) is 5.82 Å². The van der Waals surface area contributed by atoms with E-state index in [2.05, 4.69) is 15.1 Å². The zero-order valence-corrected chi connectivity index (χ0v) is 16.5. The smallest absolute Gasteiger partial charge is 0.334 e. The minimum atomic E-state index is -0.174. The first-order chi connectivity index (χ1) is 14.0. The molecule has 0 unspecified atom stereocenters. The average molecular weight is 389 g/mol. The van der Waals surface area contributed by atoms with Crippen LogP contribution in [0.5, 0.6) is 5.75 Å². The van der Waals surface area contributed by atoms with Gasteiger partial charge in [-0.25, -0.2) is 14.3 Å². The lowest BCUT2D eigenvalue weighted by atomic mass is 10.0. The summed E-state index contributed by atoms with van der Waals surface area (Å²) in [6.45, 7) is 0. The van der Waals surface area contributed by atoms with Crippen molar-refractivity contribution in [3.63, 3.8) is 0 Å². The summed E-state index contributed by atoms with van der Waals surface area (Å²) >= 11 is 0. The lowest BCUT2D eigenvalue weighted by molar-refractivity contribution is 0.417. The van der Waals surface area contributed by atoms with Crippen molar-refractivity contribution in [1.82, 2.24) is 33.4 Å². The van der Waals surface area contributed by atoms with Gasteiger partial charge >= 0.3 is 5.69 Å². The quantitative estimate of drug-likeness (QED) is 0.471. The van der Waals surface area contributed by atoms with Crippen LogP contribution in [-0.2, 0) is 21.1 Å². The van der Waals surface area contributed by atoms with Crippen molar-refractivity contribution < 1.29 is 4.74 Å². The minimum Gasteiger partial charge on any atom is -0.496 e. The number of methoxy groups -OCH3 is 1. The molecule has 5 rings (SSSR count). The Morgan fingerprint density at radius 3 is 2.52 bits per heavy atom. The molecule has 0 amide bonds. The molecule has 0 bridgehead atoms. The third-order valence-corrected chi connectivity index (χ3v) is 5.14. The number of benzene rings is 1. The molecule has 0 aliphatic rings. The van der Waals surface area contributed by atoms with Crippen LogP contribution in [0.4, 0.5) is 0 Å². The van der Waals surface area contributed by atoms with Crippen LogP contribution in [0.15, 0.2) is 48.0 Å². The molecule has 9 nitrogen and oxygen atoms in total. The number of imidazole rings is 2. The van der Waals surface area contributed by atoms with E-state index in [4.69, 9.17) is 4.74 Å². The normalized spacial score (nSPS) is 11.6. The van der Waals surface area contributed by atoms with Gasteiger partial charge in [-0.05, 0) is 6.07 Å². The van der Waals surface area contributed by atoms with Crippen molar-refractivity contribution in [3.05, 3.63) is 53.7 Å². The van der Waals surface area contributed by atoms with E-state index in [0.29, 0.717) is 11.6 Å². The molecule has 4 aromatic heterocycles. The van der Waals surface area contributed by atoms with Crippen LogP contribution in [0.25, 0.3) is 38.9 Å². The van der Waals surface area contributed by atoms with Crippen LogP contribution in [0.2, 0.25) is 0 Å². The van der Waals surface area contributed by atoms with E-state index in [1.807, 2.05) is 43.2 Å². The maximum atomic E-state index is 13.0. The first-order valence-corrected chi connectivity index (χ1v) is 9.03. The molecular formula is C20H19N7O2. The molecule has 29 heavy (non-hydrogen) atoms. The molecule has 146 valence electrons. The second-order valence-electron chi connectivity index (χ2n) is 7.04. The number of hydrogen-bond acceptors (Lipinski definition) is 5. The molecule has 0 saturated carbocycles. The maximum absolute atomic E-state index is 13.0. The SMILES string of the molecule is COc1cc2ncc3c(c2cc1-c1cnn(C)c1)n(-c1cn(C)cn1)c(=O)n3C. The molecule has 0 aliphatic heterocycles. The number of ether oxygens (including phenoxy) is 1. The van der Waals surface area contributed by atoms with E-state index in [0.717, 1.165) is 33.1 Å². The molecule has 0 aliphatic carbocycles. The van der Waals surface area contributed by atoms with E-state index in [9.17, 15) is 4.79 Å². The highest BCUT2D eigenvalue weighted by atomic mass is 16.5. The largest absolute Gasteiger partial charge is 0.496 e. The average Bonchev–Trinajstić information content (AvgIpc) is 3.40. The molecule has 0 radical (unpaired) electrons. The van der Waals surface area contributed by atoms with E-state index in [-0.39, 0.29) is 5.69 Å². The highest BCUT2D eigenvalue weighted by molar-refractivity contribution is 6.05. The molecular weight excluding hydrogens is 370 g/mol. The number of nitrogens with zero attached hydrogens (tertiary/aromatic N) is 7. The molecule has 5 aromatic rings. The van der Waals surface area contributed by atoms with E-state index in [1.165, 1.54) is 0 Å². The third kappa shape index (κ3) is 2.47. The Bertz CT molecular complexity index is 1450. The molecule has 4 heterocycles.